The first-order valence-electron chi connectivity index (χ1n) is 5.53. The van der Waals surface area contributed by atoms with Crippen LogP contribution in [0.1, 0.15) is 21.5 Å². The van der Waals surface area contributed by atoms with Crippen LogP contribution in [0.3, 0.4) is 0 Å². The lowest BCUT2D eigenvalue weighted by atomic mass is 10.00. The Morgan fingerprint density at radius 2 is 2.06 bits per heavy atom. The second-order valence-corrected chi connectivity index (χ2v) is 4.28. The van der Waals surface area contributed by atoms with Crippen molar-refractivity contribution in [1.82, 2.24) is 0 Å². The second-order valence-electron chi connectivity index (χ2n) is 3.87. The Kier molecular flexibility index (Phi) is 4.00. The third kappa shape index (κ3) is 2.90. The predicted molar refractivity (Wildman–Crippen MR) is 70.9 cm³/mol. The molecule has 0 atom stereocenters. The van der Waals surface area contributed by atoms with Gasteiger partial charge in [-0.3, -0.25) is 0 Å². The zero-order valence-corrected chi connectivity index (χ0v) is 10.7. The van der Waals surface area contributed by atoms with Crippen LogP contribution in [0.5, 0.6) is 0 Å². The van der Waals surface area contributed by atoms with Crippen LogP contribution < -0.4 is 0 Å². The first-order chi connectivity index (χ1) is 8.70. The largest absolute Gasteiger partial charge is 0.465 e. The van der Waals surface area contributed by atoms with E-state index in [0.717, 1.165) is 11.1 Å². The molecule has 18 heavy (non-hydrogen) atoms. The maximum absolute atomic E-state index is 11.7. The van der Waals surface area contributed by atoms with Crippen molar-refractivity contribution in [2.45, 2.75) is 6.42 Å². The molecule has 0 fully saturated rings. The van der Waals surface area contributed by atoms with Crippen molar-refractivity contribution in [3.05, 3.63) is 70.2 Å². The lowest BCUT2D eigenvalue weighted by molar-refractivity contribution is 0.0599. The number of carbonyl (C=O) groups is 1. The van der Waals surface area contributed by atoms with Crippen molar-refractivity contribution in [3.63, 3.8) is 0 Å². The quantitative estimate of drug-likeness (QED) is 0.789. The first-order valence-corrected chi connectivity index (χ1v) is 5.91. The topological polar surface area (TPSA) is 26.3 Å². The van der Waals surface area contributed by atoms with Gasteiger partial charge in [-0.05, 0) is 29.7 Å². The summed E-state index contributed by atoms with van der Waals surface area (Å²) in [6, 6.07) is 16.1. The van der Waals surface area contributed by atoms with Crippen LogP contribution in [0.15, 0.2) is 42.5 Å². The van der Waals surface area contributed by atoms with Crippen molar-refractivity contribution in [3.8, 4) is 0 Å². The molecule has 0 spiro atoms. The fourth-order valence-electron chi connectivity index (χ4n) is 1.76. The minimum atomic E-state index is -0.378. The number of rotatable bonds is 3. The Labute approximate surface area is 111 Å². The van der Waals surface area contributed by atoms with E-state index in [4.69, 9.17) is 16.3 Å². The number of hydrogen-bond acceptors (Lipinski definition) is 2. The van der Waals surface area contributed by atoms with Gasteiger partial charge in [0.2, 0.25) is 0 Å². The molecule has 0 amide bonds. The molecule has 0 N–H and O–H groups in total. The lowest BCUT2D eigenvalue weighted by Crippen LogP contribution is -2.06. The van der Waals surface area contributed by atoms with Gasteiger partial charge in [0.15, 0.2) is 0 Å². The van der Waals surface area contributed by atoms with Gasteiger partial charge in [-0.15, -0.1) is 0 Å². The van der Waals surface area contributed by atoms with E-state index in [1.54, 1.807) is 12.1 Å². The molecular formula is C15H12ClO2. The zero-order chi connectivity index (χ0) is 13.0. The van der Waals surface area contributed by atoms with Crippen molar-refractivity contribution in [2.24, 2.45) is 0 Å². The molecule has 2 rings (SSSR count). The molecule has 3 heteroatoms. The van der Waals surface area contributed by atoms with Gasteiger partial charge in [-0.25, -0.2) is 4.79 Å². The van der Waals surface area contributed by atoms with Crippen LogP contribution >= 0.6 is 11.6 Å². The summed E-state index contributed by atoms with van der Waals surface area (Å²) in [6.07, 6.45) is 0.652. The molecular weight excluding hydrogens is 248 g/mol. The fraction of sp³-hybridized carbons (Fsp3) is 0.133. The van der Waals surface area contributed by atoms with Crippen molar-refractivity contribution in [1.29, 1.82) is 0 Å². The molecule has 0 aliphatic carbocycles. The molecule has 91 valence electrons. The van der Waals surface area contributed by atoms with Crippen LogP contribution in [0.25, 0.3) is 0 Å². The average molecular weight is 260 g/mol. The summed E-state index contributed by atoms with van der Waals surface area (Å²) in [4.78, 5) is 11.7. The van der Waals surface area contributed by atoms with E-state index in [0.29, 0.717) is 17.0 Å². The van der Waals surface area contributed by atoms with Crippen LogP contribution in [0.2, 0.25) is 5.02 Å². The lowest BCUT2D eigenvalue weighted by Gasteiger charge is -2.08. The normalized spacial score (nSPS) is 10.1. The summed E-state index contributed by atoms with van der Waals surface area (Å²) in [5, 5.41) is 0.409. The summed E-state index contributed by atoms with van der Waals surface area (Å²) in [5.74, 6) is -0.378. The zero-order valence-electron chi connectivity index (χ0n) is 9.94. The maximum atomic E-state index is 11.7. The SMILES string of the molecule is COC(=O)c1cc(Cl)[c]cc1Cc1ccccc1. The molecule has 2 aromatic carbocycles. The number of esters is 1. The van der Waals surface area contributed by atoms with Crippen LogP contribution in [0.4, 0.5) is 0 Å². The third-order valence-corrected chi connectivity index (χ3v) is 2.86. The molecule has 2 aromatic rings. The molecule has 0 bridgehead atoms. The van der Waals surface area contributed by atoms with Gasteiger partial charge >= 0.3 is 5.97 Å². The molecule has 0 aliphatic rings. The summed E-state index contributed by atoms with van der Waals surface area (Å²) >= 11 is 5.86. The number of benzene rings is 2. The summed E-state index contributed by atoms with van der Waals surface area (Å²) in [5.41, 5.74) is 2.47. The fourth-order valence-corrected chi connectivity index (χ4v) is 1.92. The highest BCUT2D eigenvalue weighted by atomic mass is 35.5. The smallest absolute Gasteiger partial charge is 0.338 e. The van der Waals surface area contributed by atoms with E-state index >= 15 is 0 Å². The molecule has 2 nitrogen and oxygen atoms in total. The van der Waals surface area contributed by atoms with E-state index in [1.165, 1.54) is 7.11 Å². The molecule has 1 radical (unpaired) electrons. The molecule has 0 unspecified atom stereocenters. The maximum Gasteiger partial charge on any atom is 0.338 e. The third-order valence-electron chi connectivity index (χ3n) is 2.64. The monoisotopic (exact) mass is 259 g/mol. The molecule has 0 aliphatic heterocycles. The van der Waals surface area contributed by atoms with Gasteiger partial charge in [0.25, 0.3) is 0 Å². The Hall–Kier alpha value is -1.80. The Morgan fingerprint density at radius 1 is 1.33 bits per heavy atom. The predicted octanol–water partition coefficient (Wildman–Crippen LogP) is 3.52. The number of halogens is 1. The van der Waals surface area contributed by atoms with Gasteiger partial charge in [-0.2, -0.15) is 0 Å². The number of hydrogen-bond donors (Lipinski definition) is 0. The van der Waals surface area contributed by atoms with Gasteiger partial charge in [0, 0.05) is 11.1 Å². The summed E-state index contributed by atoms with van der Waals surface area (Å²) < 4.78 is 4.76. The average Bonchev–Trinajstić information content (AvgIpc) is 2.41. The van der Waals surface area contributed by atoms with E-state index < -0.39 is 0 Å². The second kappa shape index (κ2) is 5.69. The molecule has 0 heterocycles. The van der Waals surface area contributed by atoms with Gasteiger partial charge in [0.1, 0.15) is 0 Å². The number of carbonyl (C=O) groups excluding carboxylic acids is 1. The van der Waals surface area contributed by atoms with E-state index in [-0.39, 0.29) is 5.97 Å². The minimum Gasteiger partial charge on any atom is -0.465 e. The van der Waals surface area contributed by atoms with Crippen LogP contribution in [-0.2, 0) is 11.2 Å². The van der Waals surface area contributed by atoms with E-state index in [2.05, 4.69) is 6.07 Å². The first kappa shape index (κ1) is 12.7. The summed E-state index contributed by atoms with van der Waals surface area (Å²) in [7, 11) is 1.36. The number of methoxy groups -OCH3 is 1. The van der Waals surface area contributed by atoms with E-state index in [1.807, 2.05) is 30.3 Å². The molecule has 0 saturated heterocycles. The molecule has 0 aromatic heterocycles. The van der Waals surface area contributed by atoms with Gasteiger partial charge in [-0.1, -0.05) is 41.9 Å². The summed E-state index contributed by atoms with van der Waals surface area (Å²) in [6.45, 7) is 0. The van der Waals surface area contributed by atoms with Crippen LogP contribution in [0, 0.1) is 6.07 Å². The molecule has 0 saturated carbocycles. The standard InChI is InChI=1S/C15H12ClO2/c1-18-15(17)14-10-13(16)8-7-12(14)9-11-5-3-2-4-6-11/h2-7,10H,9H2,1H3. The highest BCUT2D eigenvalue weighted by Gasteiger charge is 2.12. The highest BCUT2D eigenvalue weighted by molar-refractivity contribution is 6.30. The van der Waals surface area contributed by atoms with Crippen LogP contribution in [-0.4, -0.2) is 13.1 Å². The Morgan fingerprint density at radius 3 is 2.72 bits per heavy atom. The van der Waals surface area contributed by atoms with Crippen molar-refractivity contribution >= 4 is 17.6 Å². The van der Waals surface area contributed by atoms with Crippen molar-refractivity contribution < 1.29 is 9.53 Å². The van der Waals surface area contributed by atoms with Crippen molar-refractivity contribution in [2.75, 3.05) is 7.11 Å². The van der Waals surface area contributed by atoms with Gasteiger partial charge in [0.05, 0.1) is 12.7 Å². The van der Waals surface area contributed by atoms with Gasteiger partial charge < -0.3 is 4.74 Å². The Balaban J connectivity index is 2.35. The van der Waals surface area contributed by atoms with E-state index in [9.17, 15) is 4.79 Å². The number of ether oxygens (including phenoxy) is 1. The Bertz CT molecular complexity index is 550. The highest BCUT2D eigenvalue weighted by Crippen LogP contribution is 2.19. The minimum absolute atomic E-state index is 0.378.